The Hall–Kier alpha value is -1.88. The fourth-order valence-corrected chi connectivity index (χ4v) is 2.29. The SMILES string of the molecule is CC(C)(C)c1nc(CCNC(=O)CCCc2ccc(Cl)cc2)no1. The molecule has 0 aliphatic carbocycles. The zero-order valence-corrected chi connectivity index (χ0v) is 15.2. The molecule has 0 fully saturated rings. The van der Waals surface area contributed by atoms with Gasteiger partial charge in [0.15, 0.2) is 5.82 Å². The highest BCUT2D eigenvalue weighted by Gasteiger charge is 2.21. The quantitative estimate of drug-likeness (QED) is 0.827. The Morgan fingerprint density at radius 3 is 2.54 bits per heavy atom. The monoisotopic (exact) mass is 349 g/mol. The van der Waals surface area contributed by atoms with Crippen LogP contribution in [-0.2, 0) is 23.1 Å². The Kier molecular flexibility index (Phi) is 6.37. The molecule has 1 N–H and O–H groups in total. The molecular weight excluding hydrogens is 326 g/mol. The molecule has 0 atom stereocenters. The van der Waals surface area contributed by atoms with E-state index in [4.69, 9.17) is 16.1 Å². The zero-order chi connectivity index (χ0) is 17.6. The lowest BCUT2D eigenvalue weighted by molar-refractivity contribution is -0.121. The van der Waals surface area contributed by atoms with Gasteiger partial charge in [-0.25, -0.2) is 0 Å². The fourth-order valence-electron chi connectivity index (χ4n) is 2.17. The maximum Gasteiger partial charge on any atom is 0.232 e. The van der Waals surface area contributed by atoms with Gasteiger partial charge in [0.05, 0.1) is 0 Å². The summed E-state index contributed by atoms with van der Waals surface area (Å²) in [6.45, 7) is 6.58. The van der Waals surface area contributed by atoms with Crippen LogP contribution in [0.1, 0.15) is 50.9 Å². The second-order valence-electron chi connectivity index (χ2n) is 6.85. The topological polar surface area (TPSA) is 68.0 Å². The summed E-state index contributed by atoms with van der Waals surface area (Å²) in [5, 5.41) is 7.56. The van der Waals surface area contributed by atoms with Gasteiger partial charge >= 0.3 is 0 Å². The summed E-state index contributed by atoms with van der Waals surface area (Å²) >= 11 is 5.85. The van der Waals surface area contributed by atoms with Gasteiger partial charge in [-0.1, -0.05) is 49.7 Å². The van der Waals surface area contributed by atoms with Crippen LogP contribution in [0.2, 0.25) is 5.02 Å². The van der Waals surface area contributed by atoms with Crippen LogP contribution in [-0.4, -0.2) is 22.6 Å². The number of carbonyl (C=O) groups excluding carboxylic acids is 1. The molecule has 1 heterocycles. The standard InChI is InChI=1S/C18H24ClN3O2/c1-18(2,3)17-21-15(22-24-17)11-12-20-16(23)6-4-5-13-7-9-14(19)10-8-13/h7-10H,4-6,11-12H2,1-3H3,(H,20,23). The van der Waals surface area contributed by atoms with Crippen molar-refractivity contribution in [3.05, 3.63) is 46.6 Å². The third-order valence-electron chi connectivity index (χ3n) is 3.56. The molecule has 6 heteroatoms. The lowest BCUT2D eigenvalue weighted by Gasteiger charge is -2.10. The number of nitrogens with one attached hydrogen (secondary N) is 1. The van der Waals surface area contributed by atoms with Crippen LogP contribution in [0.3, 0.4) is 0 Å². The first-order chi connectivity index (χ1) is 11.3. The van der Waals surface area contributed by atoms with Gasteiger partial charge in [-0.2, -0.15) is 4.98 Å². The number of aryl methyl sites for hydroxylation is 1. The minimum absolute atomic E-state index is 0.0449. The molecule has 130 valence electrons. The van der Waals surface area contributed by atoms with Crippen molar-refractivity contribution in [3.63, 3.8) is 0 Å². The highest BCUT2D eigenvalue weighted by Crippen LogP contribution is 2.19. The van der Waals surface area contributed by atoms with Crippen LogP contribution in [0.15, 0.2) is 28.8 Å². The maximum atomic E-state index is 11.8. The minimum Gasteiger partial charge on any atom is -0.356 e. The van der Waals surface area contributed by atoms with Gasteiger partial charge < -0.3 is 9.84 Å². The van der Waals surface area contributed by atoms with E-state index in [1.807, 2.05) is 45.0 Å². The first-order valence-electron chi connectivity index (χ1n) is 8.19. The number of benzene rings is 1. The fraction of sp³-hybridized carbons (Fsp3) is 0.500. The molecule has 1 aromatic carbocycles. The average molecular weight is 350 g/mol. The second-order valence-corrected chi connectivity index (χ2v) is 7.28. The van der Waals surface area contributed by atoms with E-state index in [1.54, 1.807) is 0 Å². The number of carbonyl (C=O) groups is 1. The van der Waals surface area contributed by atoms with Crippen LogP contribution in [0.5, 0.6) is 0 Å². The third kappa shape index (κ3) is 5.96. The Bertz CT molecular complexity index is 660. The van der Waals surface area contributed by atoms with Gasteiger partial charge in [-0.3, -0.25) is 4.79 Å². The number of aromatic nitrogens is 2. The highest BCUT2D eigenvalue weighted by atomic mass is 35.5. The zero-order valence-electron chi connectivity index (χ0n) is 14.4. The van der Waals surface area contributed by atoms with E-state index in [1.165, 1.54) is 5.56 Å². The molecule has 0 radical (unpaired) electrons. The van der Waals surface area contributed by atoms with E-state index in [-0.39, 0.29) is 11.3 Å². The average Bonchev–Trinajstić information content (AvgIpc) is 2.98. The first kappa shape index (κ1) is 18.5. The number of rotatable bonds is 7. The molecular formula is C18H24ClN3O2. The molecule has 2 rings (SSSR count). The van der Waals surface area contributed by atoms with E-state index in [2.05, 4.69) is 15.5 Å². The van der Waals surface area contributed by atoms with Crippen molar-refractivity contribution in [1.29, 1.82) is 0 Å². The lowest BCUT2D eigenvalue weighted by Crippen LogP contribution is -2.25. The molecule has 5 nitrogen and oxygen atoms in total. The summed E-state index contributed by atoms with van der Waals surface area (Å²) < 4.78 is 5.23. The second kappa shape index (κ2) is 8.29. The molecule has 2 aromatic rings. The maximum absolute atomic E-state index is 11.8. The predicted molar refractivity (Wildman–Crippen MR) is 94.1 cm³/mol. The van der Waals surface area contributed by atoms with E-state index in [0.717, 1.165) is 17.9 Å². The number of amides is 1. The van der Waals surface area contributed by atoms with Crippen molar-refractivity contribution >= 4 is 17.5 Å². The molecule has 0 aliphatic heterocycles. The first-order valence-corrected chi connectivity index (χ1v) is 8.56. The molecule has 0 aliphatic rings. The van der Waals surface area contributed by atoms with Crippen molar-refractivity contribution < 1.29 is 9.32 Å². The van der Waals surface area contributed by atoms with Crippen molar-refractivity contribution in [2.75, 3.05) is 6.54 Å². The summed E-state index contributed by atoms with van der Waals surface area (Å²) in [6.07, 6.45) is 2.75. The Balaban J connectivity index is 1.64. The summed E-state index contributed by atoms with van der Waals surface area (Å²) in [4.78, 5) is 16.2. The molecule has 1 aromatic heterocycles. The van der Waals surface area contributed by atoms with Gasteiger partial charge in [0, 0.05) is 29.8 Å². The van der Waals surface area contributed by atoms with Gasteiger partial charge in [0.2, 0.25) is 11.8 Å². The van der Waals surface area contributed by atoms with Crippen LogP contribution < -0.4 is 5.32 Å². The molecule has 1 amide bonds. The van der Waals surface area contributed by atoms with Gasteiger partial charge in [0.25, 0.3) is 0 Å². The van der Waals surface area contributed by atoms with E-state index >= 15 is 0 Å². The Morgan fingerprint density at radius 2 is 1.92 bits per heavy atom. The summed E-state index contributed by atoms with van der Waals surface area (Å²) in [7, 11) is 0. The summed E-state index contributed by atoms with van der Waals surface area (Å²) in [5.41, 5.74) is 1.03. The number of hydrogen-bond acceptors (Lipinski definition) is 4. The lowest BCUT2D eigenvalue weighted by atomic mass is 9.97. The molecule has 0 saturated heterocycles. The molecule has 0 spiro atoms. The molecule has 0 bridgehead atoms. The molecule has 0 unspecified atom stereocenters. The highest BCUT2D eigenvalue weighted by molar-refractivity contribution is 6.30. The van der Waals surface area contributed by atoms with Crippen molar-refractivity contribution in [2.45, 2.75) is 51.9 Å². The third-order valence-corrected chi connectivity index (χ3v) is 3.81. The molecule has 0 saturated carbocycles. The van der Waals surface area contributed by atoms with Crippen molar-refractivity contribution in [2.24, 2.45) is 0 Å². The van der Waals surface area contributed by atoms with Gasteiger partial charge in [0.1, 0.15) is 0 Å². The predicted octanol–water partition coefficient (Wildman–Crippen LogP) is 3.70. The summed E-state index contributed by atoms with van der Waals surface area (Å²) in [5.74, 6) is 1.29. The van der Waals surface area contributed by atoms with Crippen LogP contribution in [0, 0.1) is 0 Å². The van der Waals surface area contributed by atoms with Crippen LogP contribution in [0.4, 0.5) is 0 Å². The van der Waals surface area contributed by atoms with Gasteiger partial charge in [-0.05, 0) is 30.5 Å². The Morgan fingerprint density at radius 1 is 1.21 bits per heavy atom. The van der Waals surface area contributed by atoms with E-state index in [9.17, 15) is 4.79 Å². The summed E-state index contributed by atoms with van der Waals surface area (Å²) in [6, 6.07) is 7.72. The van der Waals surface area contributed by atoms with Crippen LogP contribution >= 0.6 is 11.6 Å². The normalized spacial score (nSPS) is 11.5. The Labute approximate surface area is 147 Å². The number of nitrogens with zero attached hydrogens (tertiary/aromatic N) is 2. The van der Waals surface area contributed by atoms with E-state index in [0.29, 0.717) is 31.1 Å². The van der Waals surface area contributed by atoms with Crippen LogP contribution in [0.25, 0.3) is 0 Å². The number of halogens is 1. The largest absolute Gasteiger partial charge is 0.356 e. The molecule has 24 heavy (non-hydrogen) atoms. The van der Waals surface area contributed by atoms with Crippen molar-refractivity contribution in [1.82, 2.24) is 15.5 Å². The number of hydrogen-bond donors (Lipinski definition) is 1. The minimum atomic E-state index is -0.157. The van der Waals surface area contributed by atoms with E-state index < -0.39 is 0 Å². The van der Waals surface area contributed by atoms with Crippen molar-refractivity contribution in [3.8, 4) is 0 Å². The van der Waals surface area contributed by atoms with Gasteiger partial charge in [-0.15, -0.1) is 0 Å². The smallest absolute Gasteiger partial charge is 0.232 e.